The molecule has 34 heavy (non-hydrogen) atoms. The fourth-order valence-electron chi connectivity index (χ4n) is 3.98. The maximum Gasteiger partial charge on any atom is 0.260 e. The molecule has 1 atom stereocenters. The Hall–Kier alpha value is -3.59. The quantitative estimate of drug-likeness (QED) is 0.634. The molecule has 0 aliphatic carbocycles. The Labute approximate surface area is 198 Å². The summed E-state index contributed by atoms with van der Waals surface area (Å²) in [6.07, 6.45) is 0.167. The highest BCUT2D eigenvalue weighted by Crippen LogP contribution is 2.27. The van der Waals surface area contributed by atoms with Crippen molar-refractivity contribution in [2.75, 3.05) is 51.5 Å². The van der Waals surface area contributed by atoms with Crippen molar-refractivity contribution in [1.82, 2.24) is 10.2 Å². The Morgan fingerprint density at radius 2 is 1.71 bits per heavy atom. The second kappa shape index (κ2) is 11.0. The van der Waals surface area contributed by atoms with E-state index in [1.54, 1.807) is 41.2 Å². The zero-order chi connectivity index (χ0) is 23.9. The van der Waals surface area contributed by atoms with Crippen LogP contribution in [-0.2, 0) is 25.7 Å². The van der Waals surface area contributed by atoms with Gasteiger partial charge in [0.2, 0.25) is 11.8 Å². The lowest BCUT2D eigenvalue weighted by molar-refractivity contribution is -0.137. The van der Waals surface area contributed by atoms with Crippen molar-refractivity contribution in [1.29, 1.82) is 0 Å². The van der Waals surface area contributed by atoms with E-state index in [0.29, 0.717) is 50.8 Å². The molecule has 0 saturated carbocycles. The third-order valence-electron chi connectivity index (χ3n) is 6.00. The molecular formula is C25H29N3O6. The summed E-state index contributed by atoms with van der Waals surface area (Å²) in [4.78, 5) is 40.7. The smallest absolute Gasteiger partial charge is 0.260 e. The Kier molecular flexibility index (Phi) is 7.64. The van der Waals surface area contributed by atoms with Gasteiger partial charge in [0, 0.05) is 38.3 Å². The number of carbonyl (C=O) groups excluding carboxylic acids is 3. The van der Waals surface area contributed by atoms with Gasteiger partial charge in [0.15, 0.2) is 6.61 Å². The van der Waals surface area contributed by atoms with E-state index in [0.717, 1.165) is 11.3 Å². The Bertz CT molecular complexity index is 1000. The minimum atomic E-state index is -0.409. The standard InChI is InChI=1S/C25H29N3O6/c1-32-21-6-2-18(3-7-21)15-26-25(31)19-14-23(29)28(16-19)20-4-8-22(9-5-20)34-17-24(30)27-10-12-33-13-11-27/h2-9,19H,10-17H2,1H3,(H,26,31). The second-order valence-electron chi connectivity index (χ2n) is 8.25. The monoisotopic (exact) mass is 467 g/mol. The summed E-state index contributed by atoms with van der Waals surface area (Å²) in [6, 6.07) is 14.5. The van der Waals surface area contributed by atoms with Crippen LogP contribution in [-0.4, -0.2) is 69.2 Å². The summed E-state index contributed by atoms with van der Waals surface area (Å²) in [5.74, 6) is 0.574. The molecule has 2 aromatic rings. The van der Waals surface area contributed by atoms with Gasteiger partial charge >= 0.3 is 0 Å². The van der Waals surface area contributed by atoms with E-state index < -0.39 is 5.92 Å². The maximum absolute atomic E-state index is 12.6. The van der Waals surface area contributed by atoms with Crippen LogP contribution in [0.3, 0.4) is 0 Å². The van der Waals surface area contributed by atoms with Crippen LogP contribution in [0, 0.1) is 5.92 Å². The Morgan fingerprint density at radius 1 is 1.03 bits per heavy atom. The minimum Gasteiger partial charge on any atom is -0.497 e. The molecule has 0 spiro atoms. The highest BCUT2D eigenvalue weighted by atomic mass is 16.5. The molecule has 2 aliphatic rings. The maximum atomic E-state index is 12.6. The summed E-state index contributed by atoms with van der Waals surface area (Å²) >= 11 is 0. The van der Waals surface area contributed by atoms with Crippen LogP contribution < -0.4 is 19.7 Å². The first kappa shape index (κ1) is 23.6. The number of nitrogens with zero attached hydrogens (tertiary/aromatic N) is 2. The third-order valence-corrected chi connectivity index (χ3v) is 6.00. The van der Waals surface area contributed by atoms with Crippen LogP contribution in [0.5, 0.6) is 11.5 Å². The first-order chi connectivity index (χ1) is 16.5. The van der Waals surface area contributed by atoms with Crippen LogP contribution in [0.25, 0.3) is 0 Å². The lowest BCUT2D eigenvalue weighted by atomic mass is 10.1. The number of hydrogen-bond donors (Lipinski definition) is 1. The van der Waals surface area contributed by atoms with Crippen LogP contribution in [0.1, 0.15) is 12.0 Å². The van der Waals surface area contributed by atoms with E-state index in [1.807, 2.05) is 24.3 Å². The normalized spacial score (nSPS) is 18.0. The largest absolute Gasteiger partial charge is 0.497 e. The van der Waals surface area contributed by atoms with Gasteiger partial charge in [0.05, 0.1) is 26.2 Å². The molecule has 2 heterocycles. The van der Waals surface area contributed by atoms with Crippen molar-refractivity contribution in [2.24, 2.45) is 5.92 Å². The third kappa shape index (κ3) is 5.85. The van der Waals surface area contributed by atoms with Crippen LogP contribution >= 0.6 is 0 Å². The molecule has 0 aromatic heterocycles. The van der Waals surface area contributed by atoms with Gasteiger partial charge in [-0.2, -0.15) is 0 Å². The summed E-state index contributed by atoms with van der Waals surface area (Å²) in [5.41, 5.74) is 1.65. The molecule has 2 aromatic carbocycles. The first-order valence-corrected chi connectivity index (χ1v) is 11.3. The van der Waals surface area contributed by atoms with Gasteiger partial charge in [0.1, 0.15) is 11.5 Å². The number of hydrogen-bond acceptors (Lipinski definition) is 6. The fourth-order valence-corrected chi connectivity index (χ4v) is 3.98. The van der Waals surface area contributed by atoms with E-state index >= 15 is 0 Å². The van der Waals surface area contributed by atoms with E-state index in [-0.39, 0.29) is 30.7 Å². The molecule has 1 unspecified atom stereocenters. The summed E-state index contributed by atoms with van der Waals surface area (Å²) < 4.78 is 16.0. The van der Waals surface area contributed by atoms with Crippen LogP contribution in [0.15, 0.2) is 48.5 Å². The molecule has 2 fully saturated rings. The molecule has 3 amide bonds. The van der Waals surface area contributed by atoms with Crippen molar-refractivity contribution in [3.8, 4) is 11.5 Å². The van der Waals surface area contributed by atoms with Crippen molar-refractivity contribution in [3.63, 3.8) is 0 Å². The topological polar surface area (TPSA) is 97.4 Å². The number of amides is 3. The second-order valence-corrected chi connectivity index (χ2v) is 8.25. The average molecular weight is 468 g/mol. The van der Waals surface area contributed by atoms with Crippen molar-refractivity contribution in [2.45, 2.75) is 13.0 Å². The van der Waals surface area contributed by atoms with Crippen LogP contribution in [0.4, 0.5) is 5.69 Å². The van der Waals surface area contributed by atoms with Gasteiger partial charge in [-0.25, -0.2) is 0 Å². The Morgan fingerprint density at radius 3 is 2.38 bits per heavy atom. The van der Waals surface area contributed by atoms with Gasteiger partial charge in [-0.1, -0.05) is 12.1 Å². The van der Waals surface area contributed by atoms with E-state index in [9.17, 15) is 14.4 Å². The first-order valence-electron chi connectivity index (χ1n) is 11.3. The number of carbonyl (C=O) groups is 3. The molecule has 0 bridgehead atoms. The summed E-state index contributed by atoms with van der Waals surface area (Å²) in [6.45, 7) is 2.92. The van der Waals surface area contributed by atoms with Crippen molar-refractivity contribution in [3.05, 3.63) is 54.1 Å². The van der Waals surface area contributed by atoms with Gasteiger partial charge < -0.3 is 29.3 Å². The molecule has 9 nitrogen and oxygen atoms in total. The van der Waals surface area contributed by atoms with Gasteiger partial charge in [-0.15, -0.1) is 0 Å². The van der Waals surface area contributed by atoms with Crippen LogP contribution in [0.2, 0.25) is 0 Å². The van der Waals surface area contributed by atoms with E-state index in [1.165, 1.54) is 0 Å². The zero-order valence-corrected chi connectivity index (χ0v) is 19.2. The van der Waals surface area contributed by atoms with Gasteiger partial charge in [-0.05, 0) is 42.0 Å². The van der Waals surface area contributed by atoms with E-state index in [2.05, 4.69) is 5.32 Å². The molecule has 2 saturated heterocycles. The molecule has 0 radical (unpaired) electrons. The molecule has 180 valence electrons. The summed E-state index contributed by atoms with van der Waals surface area (Å²) in [5, 5.41) is 2.91. The number of rotatable bonds is 8. The molecule has 1 N–H and O–H groups in total. The minimum absolute atomic E-state index is 0.0432. The zero-order valence-electron chi connectivity index (χ0n) is 19.2. The lowest BCUT2D eigenvalue weighted by Crippen LogP contribution is -2.42. The highest BCUT2D eigenvalue weighted by molar-refractivity contribution is 6.00. The SMILES string of the molecule is COc1ccc(CNC(=O)C2CC(=O)N(c3ccc(OCC(=O)N4CCOCC4)cc3)C2)cc1. The molecular weight excluding hydrogens is 438 g/mol. The molecule has 4 rings (SSSR count). The van der Waals surface area contributed by atoms with Crippen molar-refractivity contribution >= 4 is 23.4 Å². The lowest BCUT2D eigenvalue weighted by Gasteiger charge is -2.26. The molecule has 9 heteroatoms. The van der Waals surface area contributed by atoms with Gasteiger partial charge in [0.25, 0.3) is 5.91 Å². The van der Waals surface area contributed by atoms with Crippen molar-refractivity contribution < 1.29 is 28.6 Å². The predicted molar refractivity (Wildman–Crippen MR) is 125 cm³/mol. The number of anilines is 1. The number of methoxy groups -OCH3 is 1. The highest BCUT2D eigenvalue weighted by Gasteiger charge is 2.35. The Balaban J connectivity index is 1.26. The van der Waals surface area contributed by atoms with E-state index in [4.69, 9.17) is 14.2 Å². The fraction of sp³-hybridized carbons (Fsp3) is 0.400. The van der Waals surface area contributed by atoms with Gasteiger partial charge in [-0.3, -0.25) is 14.4 Å². The predicted octanol–water partition coefficient (Wildman–Crippen LogP) is 1.60. The number of morpholine rings is 1. The average Bonchev–Trinajstić information content (AvgIpc) is 3.28. The number of benzene rings is 2. The number of nitrogens with one attached hydrogen (secondary N) is 1. The molecule has 2 aliphatic heterocycles. The summed E-state index contributed by atoms with van der Waals surface area (Å²) in [7, 11) is 1.61. The number of ether oxygens (including phenoxy) is 3.